The van der Waals surface area contributed by atoms with Crippen LogP contribution in [-0.4, -0.2) is 52.5 Å². The van der Waals surface area contributed by atoms with E-state index in [2.05, 4.69) is 51.2 Å². The molecule has 2 atom stereocenters. The normalized spacial score (nSPS) is 13.2. The summed E-state index contributed by atoms with van der Waals surface area (Å²) in [4.78, 5) is 49.4. The lowest BCUT2D eigenvalue weighted by molar-refractivity contribution is -0.141. The standard InChI is InChI=1S/C30H44N4O5S/c1-21(2)10-8-11-22(3)12-9-13-23(4)18-19-40-20-25(29(37)38)33-27(35)17-16-26(28(31)36)34(30(32)39)24-14-6-5-7-15-24/h5-7,10,12,14-15,18,25-26H,8-9,11,13,16-17,19-20H2,1-4H3,(H2,31,36)(H2,32,39)(H,33,35)(H,37,38)/b22-12+,23-18+/t25-,26?/m0/s1. The van der Waals surface area contributed by atoms with Crippen LogP contribution in [0.2, 0.25) is 0 Å². The number of hydrogen-bond donors (Lipinski definition) is 4. The molecular formula is C30H44N4O5S. The fraction of sp³-hybridized carbons (Fsp3) is 0.467. The molecule has 1 aromatic rings. The molecule has 0 aliphatic carbocycles. The van der Waals surface area contributed by atoms with Crippen LogP contribution in [-0.2, 0) is 14.4 Å². The first kappa shape index (κ1) is 34.5. The number of rotatable bonds is 18. The summed E-state index contributed by atoms with van der Waals surface area (Å²) in [5, 5.41) is 12.1. The van der Waals surface area contributed by atoms with Gasteiger partial charge in [0.15, 0.2) is 0 Å². The first-order valence-electron chi connectivity index (χ1n) is 13.4. The van der Waals surface area contributed by atoms with Gasteiger partial charge in [0.05, 0.1) is 0 Å². The van der Waals surface area contributed by atoms with Gasteiger partial charge in [0.25, 0.3) is 0 Å². The van der Waals surface area contributed by atoms with E-state index in [9.17, 15) is 24.3 Å². The van der Waals surface area contributed by atoms with Crippen LogP contribution in [0.4, 0.5) is 10.5 Å². The number of amides is 4. The van der Waals surface area contributed by atoms with Crippen molar-refractivity contribution in [2.75, 3.05) is 16.4 Å². The first-order valence-corrected chi connectivity index (χ1v) is 14.5. The van der Waals surface area contributed by atoms with Gasteiger partial charge in [-0.05, 0) is 71.9 Å². The summed E-state index contributed by atoms with van der Waals surface area (Å²) >= 11 is 1.41. The van der Waals surface area contributed by atoms with Crippen LogP contribution in [0.5, 0.6) is 0 Å². The number of urea groups is 1. The summed E-state index contributed by atoms with van der Waals surface area (Å²) in [6, 6.07) is 5.15. The Labute approximate surface area is 242 Å². The van der Waals surface area contributed by atoms with Crippen molar-refractivity contribution in [3.05, 3.63) is 65.3 Å². The number of hydrogen-bond acceptors (Lipinski definition) is 5. The summed E-state index contributed by atoms with van der Waals surface area (Å²) in [5.41, 5.74) is 15.3. The van der Waals surface area contributed by atoms with Crippen LogP contribution in [0.3, 0.4) is 0 Å². The molecule has 6 N–H and O–H groups in total. The van der Waals surface area contributed by atoms with Crippen LogP contribution < -0.4 is 21.7 Å². The zero-order valence-corrected chi connectivity index (χ0v) is 24.8. The number of nitrogens with one attached hydrogen (secondary N) is 1. The molecule has 10 heteroatoms. The second kappa shape index (κ2) is 18.7. The van der Waals surface area contributed by atoms with Crippen molar-refractivity contribution in [3.63, 3.8) is 0 Å². The van der Waals surface area contributed by atoms with Crippen molar-refractivity contribution in [1.29, 1.82) is 0 Å². The number of allylic oxidation sites excluding steroid dienone is 5. The van der Waals surface area contributed by atoms with Gasteiger partial charge in [-0.2, -0.15) is 11.8 Å². The molecule has 0 aliphatic rings. The predicted octanol–water partition coefficient (Wildman–Crippen LogP) is 4.93. The largest absolute Gasteiger partial charge is 0.480 e. The zero-order chi connectivity index (χ0) is 30.1. The fourth-order valence-corrected chi connectivity index (χ4v) is 4.88. The molecule has 40 heavy (non-hydrogen) atoms. The van der Waals surface area contributed by atoms with Gasteiger partial charge in [-0.1, -0.05) is 53.1 Å². The van der Waals surface area contributed by atoms with Crippen molar-refractivity contribution in [3.8, 4) is 0 Å². The third-order valence-electron chi connectivity index (χ3n) is 6.15. The van der Waals surface area contributed by atoms with E-state index in [-0.39, 0.29) is 18.6 Å². The van der Waals surface area contributed by atoms with Crippen molar-refractivity contribution in [1.82, 2.24) is 5.32 Å². The van der Waals surface area contributed by atoms with Gasteiger partial charge in [0.2, 0.25) is 11.8 Å². The molecule has 0 aromatic heterocycles. The van der Waals surface area contributed by atoms with Crippen molar-refractivity contribution < 1.29 is 24.3 Å². The minimum atomic E-state index is -1.16. The Morgan fingerprint density at radius 2 is 1.52 bits per heavy atom. The molecule has 1 aromatic carbocycles. The number of carbonyl (C=O) groups is 4. The third kappa shape index (κ3) is 14.0. The Hall–Kier alpha value is -3.53. The predicted molar refractivity (Wildman–Crippen MR) is 163 cm³/mol. The number of carbonyl (C=O) groups excluding carboxylic acids is 3. The average molecular weight is 573 g/mol. The monoisotopic (exact) mass is 572 g/mol. The van der Waals surface area contributed by atoms with Crippen molar-refractivity contribution in [2.45, 2.75) is 78.3 Å². The molecule has 0 heterocycles. The van der Waals surface area contributed by atoms with E-state index < -0.39 is 35.9 Å². The Kier molecular flexibility index (Phi) is 16.1. The van der Waals surface area contributed by atoms with Crippen molar-refractivity contribution >= 4 is 41.3 Å². The van der Waals surface area contributed by atoms with Gasteiger partial charge in [-0.3, -0.25) is 14.5 Å². The van der Waals surface area contributed by atoms with Gasteiger partial charge >= 0.3 is 12.0 Å². The molecule has 0 radical (unpaired) electrons. The van der Waals surface area contributed by atoms with Gasteiger partial charge in [-0.15, -0.1) is 0 Å². The fourth-order valence-electron chi connectivity index (χ4n) is 3.88. The molecule has 0 bridgehead atoms. The lowest BCUT2D eigenvalue weighted by Crippen LogP contribution is -2.51. The lowest BCUT2D eigenvalue weighted by atomic mass is 10.1. The highest BCUT2D eigenvalue weighted by Crippen LogP contribution is 2.19. The molecule has 0 fully saturated rings. The van der Waals surface area contributed by atoms with Crippen LogP contribution in [0.25, 0.3) is 0 Å². The van der Waals surface area contributed by atoms with E-state index >= 15 is 0 Å². The van der Waals surface area contributed by atoms with Crippen LogP contribution >= 0.6 is 11.8 Å². The molecule has 9 nitrogen and oxygen atoms in total. The van der Waals surface area contributed by atoms with E-state index in [0.717, 1.165) is 30.6 Å². The molecule has 1 rings (SSSR count). The highest BCUT2D eigenvalue weighted by molar-refractivity contribution is 7.99. The second-order valence-electron chi connectivity index (χ2n) is 9.96. The number of thioether (sulfide) groups is 1. The number of carboxylic acids is 1. The number of primary amides is 2. The minimum absolute atomic E-state index is 0.108. The molecule has 0 aliphatic heterocycles. The summed E-state index contributed by atoms with van der Waals surface area (Å²) in [6.07, 6.45) is 10.3. The maximum Gasteiger partial charge on any atom is 0.327 e. The Morgan fingerprint density at radius 1 is 0.925 bits per heavy atom. The SMILES string of the molecule is CC(C)=CCC/C(C)=C/CC/C(C)=C/CSC[C@H](NC(=O)CCC(C(N)=O)N(C(N)=O)c1ccccc1)C(=O)O. The van der Waals surface area contributed by atoms with E-state index in [1.54, 1.807) is 30.3 Å². The molecule has 1 unspecified atom stereocenters. The highest BCUT2D eigenvalue weighted by Gasteiger charge is 2.29. The molecule has 0 saturated heterocycles. The number of aliphatic carboxylic acids is 1. The van der Waals surface area contributed by atoms with Gasteiger partial charge in [0.1, 0.15) is 12.1 Å². The van der Waals surface area contributed by atoms with E-state index in [0.29, 0.717) is 11.4 Å². The van der Waals surface area contributed by atoms with E-state index in [1.165, 1.54) is 28.5 Å². The maximum absolute atomic E-state index is 12.5. The number of nitrogens with zero attached hydrogens (tertiary/aromatic N) is 1. The Bertz CT molecular complexity index is 1080. The smallest absolute Gasteiger partial charge is 0.327 e. The quantitative estimate of drug-likeness (QED) is 0.144. The van der Waals surface area contributed by atoms with Gasteiger partial charge in [-0.25, -0.2) is 9.59 Å². The summed E-state index contributed by atoms with van der Waals surface area (Å²) in [6.45, 7) is 8.42. The molecule has 0 spiro atoms. The molecule has 0 saturated carbocycles. The summed E-state index contributed by atoms with van der Waals surface area (Å²) in [5.74, 6) is -1.72. The highest BCUT2D eigenvalue weighted by atomic mass is 32.2. The Morgan fingerprint density at radius 3 is 2.08 bits per heavy atom. The second-order valence-corrected chi connectivity index (χ2v) is 11.0. The minimum Gasteiger partial charge on any atom is -0.480 e. The third-order valence-corrected chi connectivity index (χ3v) is 7.12. The first-order chi connectivity index (χ1) is 18.9. The molecular weight excluding hydrogens is 528 g/mol. The summed E-state index contributed by atoms with van der Waals surface area (Å²) < 4.78 is 0. The number of carboxylic acid groups (broad SMARTS) is 1. The zero-order valence-electron chi connectivity index (χ0n) is 24.0. The number of nitrogens with two attached hydrogens (primary N) is 2. The van der Waals surface area contributed by atoms with E-state index in [1.807, 2.05) is 0 Å². The van der Waals surface area contributed by atoms with Gasteiger partial charge < -0.3 is 21.9 Å². The van der Waals surface area contributed by atoms with Crippen LogP contribution in [0.1, 0.15) is 66.2 Å². The maximum atomic E-state index is 12.5. The number of benzene rings is 1. The van der Waals surface area contributed by atoms with Gasteiger partial charge in [0, 0.05) is 23.6 Å². The van der Waals surface area contributed by atoms with Crippen LogP contribution in [0, 0.1) is 0 Å². The average Bonchev–Trinajstić information content (AvgIpc) is 2.87. The lowest BCUT2D eigenvalue weighted by Gasteiger charge is -2.28. The number of anilines is 1. The van der Waals surface area contributed by atoms with Crippen LogP contribution in [0.15, 0.2) is 65.3 Å². The topological polar surface area (TPSA) is 156 Å². The van der Waals surface area contributed by atoms with Crippen molar-refractivity contribution in [2.24, 2.45) is 11.5 Å². The molecule has 4 amide bonds. The molecule has 220 valence electrons. The summed E-state index contributed by atoms with van der Waals surface area (Å²) in [7, 11) is 0. The number of para-hydroxylation sites is 1. The van der Waals surface area contributed by atoms with E-state index in [4.69, 9.17) is 11.5 Å². The Balaban J connectivity index is 2.56.